The summed E-state index contributed by atoms with van der Waals surface area (Å²) >= 11 is 0. The third-order valence-corrected chi connectivity index (χ3v) is 4.22. The molecule has 9 heteroatoms. The number of ether oxygens (including phenoxy) is 1. The fraction of sp³-hybridized carbons (Fsp3) is 0.333. The zero-order valence-electron chi connectivity index (χ0n) is 11.4. The van der Waals surface area contributed by atoms with Gasteiger partial charge in [0.05, 0.1) is 17.6 Å². The van der Waals surface area contributed by atoms with Crippen molar-refractivity contribution in [2.75, 3.05) is 13.7 Å². The van der Waals surface area contributed by atoms with Crippen LogP contribution >= 0.6 is 0 Å². The Morgan fingerprint density at radius 2 is 2.00 bits per heavy atom. The van der Waals surface area contributed by atoms with E-state index >= 15 is 0 Å². The van der Waals surface area contributed by atoms with Gasteiger partial charge in [-0.3, -0.25) is 0 Å². The largest absolute Gasteiger partial charge is 0.479 e. The predicted molar refractivity (Wildman–Crippen MR) is 71.3 cm³/mol. The van der Waals surface area contributed by atoms with E-state index in [2.05, 4.69) is 4.74 Å². The first-order chi connectivity index (χ1) is 9.69. The van der Waals surface area contributed by atoms with E-state index in [1.807, 2.05) is 4.72 Å². The number of rotatable bonds is 6. The number of hydrogen-bond donors (Lipinski definition) is 3. The first-order valence-electron chi connectivity index (χ1n) is 5.78. The molecule has 0 saturated heterocycles. The Morgan fingerprint density at radius 1 is 1.38 bits per heavy atom. The number of sulfonamides is 1. The number of methoxy groups -OCH3 is 1. The molecule has 1 aromatic rings. The molecule has 0 amide bonds. The fourth-order valence-corrected chi connectivity index (χ4v) is 2.79. The Kier molecular flexibility index (Phi) is 5.41. The van der Waals surface area contributed by atoms with Crippen LogP contribution in [0.3, 0.4) is 0 Å². The molecule has 0 bridgehead atoms. The van der Waals surface area contributed by atoms with Gasteiger partial charge in [0.1, 0.15) is 0 Å². The van der Waals surface area contributed by atoms with Crippen LogP contribution in [0.5, 0.6) is 0 Å². The summed E-state index contributed by atoms with van der Waals surface area (Å²) in [5.74, 6) is -2.24. The molecule has 8 nitrogen and oxygen atoms in total. The van der Waals surface area contributed by atoms with Crippen molar-refractivity contribution in [3.05, 3.63) is 29.3 Å². The molecule has 0 unspecified atom stereocenters. The molecule has 3 N–H and O–H groups in total. The van der Waals surface area contributed by atoms with Crippen LogP contribution in [-0.4, -0.2) is 50.3 Å². The first-order valence-corrected chi connectivity index (χ1v) is 7.27. The van der Waals surface area contributed by atoms with Crippen LogP contribution < -0.4 is 4.72 Å². The van der Waals surface area contributed by atoms with Gasteiger partial charge in [0.2, 0.25) is 10.0 Å². The van der Waals surface area contributed by atoms with Gasteiger partial charge in [-0.25, -0.2) is 22.7 Å². The number of aliphatic hydroxyl groups excluding tert-OH is 1. The summed E-state index contributed by atoms with van der Waals surface area (Å²) in [7, 11) is -2.90. The van der Waals surface area contributed by atoms with Gasteiger partial charge in [0.15, 0.2) is 6.10 Å². The minimum absolute atomic E-state index is 0.0438. The van der Waals surface area contributed by atoms with Crippen molar-refractivity contribution in [2.24, 2.45) is 0 Å². The number of aliphatic hydroxyl groups is 1. The molecule has 0 aliphatic carbocycles. The predicted octanol–water partition coefficient (Wildman–Crippen LogP) is -0.495. The average molecular weight is 317 g/mol. The standard InChI is InChI=1S/C12H15NO7S/c1-7-3-4-8(12(17)20-2)5-10(7)21(18,19)13-6-9(14)11(15)16/h3-5,9,13-14H,6H2,1-2H3,(H,15,16)/t9-/m0/s1. The van der Waals surface area contributed by atoms with Crippen molar-refractivity contribution in [1.82, 2.24) is 4.72 Å². The second kappa shape index (κ2) is 6.66. The Bertz CT molecular complexity index is 654. The van der Waals surface area contributed by atoms with Crippen LogP contribution in [-0.2, 0) is 19.6 Å². The number of nitrogens with one attached hydrogen (secondary N) is 1. The van der Waals surface area contributed by atoms with Gasteiger partial charge in [-0.2, -0.15) is 0 Å². The van der Waals surface area contributed by atoms with Crippen LogP contribution in [0.4, 0.5) is 0 Å². The maximum absolute atomic E-state index is 12.1. The third-order valence-electron chi connectivity index (χ3n) is 2.65. The fourth-order valence-electron chi connectivity index (χ4n) is 1.49. The van der Waals surface area contributed by atoms with Gasteiger partial charge < -0.3 is 14.9 Å². The molecular weight excluding hydrogens is 302 g/mol. The maximum Gasteiger partial charge on any atom is 0.337 e. The Labute approximate surface area is 121 Å². The summed E-state index contributed by atoms with van der Waals surface area (Å²) in [6.45, 7) is 0.836. The number of hydrogen-bond acceptors (Lipinski definition) is 6. The molecule has 0 aliphatic heterocycles. The Hall–Kier alpha value is -1.97. The SMILES string of the molecule is COC(=O)c1ccc(C)c(S(=O)(=O)NC[C@H](O)C(=O)O)c1. The smallest absolute Gasteiger partial charge is 0.337 e. The molecule has 1 aromatic carbocycles. The minimum atomic E-state index is -4.06. The van der Waals surface area contributed by atoms with Crippen LogP contribution in [0, 0.1) is 6.92 Å². The summed E-state index contributed by atoms with van der Waals surface area (Å²) in [6, 6.07) is 3.96. The number of esters is 1. The molecular formula is C12H15NO7S. The lowest BCUT2D eigenvalue weighted by atomic mass is 10.1. The normalized spacial score (nSPS) is 12.7. The molecule has 1 atom stereocenters. The zero-order valence-corrected chi connectivity index (χ0v) is 12.2. The summed E-state index contributed by atoms with van der Waals surface area (Å²) in [5.41, 5.74) is 0.405. The van der Waals surface area contributed by atoms with E-state index in [0.717, 1.165) is 13.2 Å². The molecule has 0 heterocycles. The van der Waals surface area contributed by atoms with Crippen molar-refractivity contribution in [3.63, 3.8) is 0 Å². The summed E-state index contributed by atoms with van der Waals surface area (Å²) in [6.07, 6.45) is -1.86. The lowest BCUT2D eigenvalue weighted by molar-refractivity contribution is -0.146. The Morgan fingerprint density at radius 3 is 2.52 bits per heavy atom. The number of benzene rings is 1. The van der Waals surface area contributed by atoms with Gasteiger partial charge in [0, 0.05) is 6.54 Å². The minimum Gasteiger partial charge on any atom is -0.479 e. The topological polar surface area (TPSA) is 130 Å². The molecule has 21 heavy (non-hydrogen) atoms. The van der Waals surface area contributed by atoms with Gasteiger partial charge in [-0.1, -0.05) is 6.07 Å². The molecule has 0 aliphatic rings. The molecule has 0 fully saturated rings. The van der Waals surface area contributed by atoms with E-state index in [1.165, 1.54) is 19.1 Å². The van der Waals surface area contributed by atoms with Crippen LogP contribution in [0.1, 0.15) is 15.9 Å². The number of carboxylic acid groups (broad SMARTS) is 1. The molecule has 116 valence electrons. The molecule has 0 radical (unpaired) electrons. The van der Waals surface area contributed by atoms with Crippen molar-refractivity contribution in [1.29, 1.82) is 0 Å². The number of aliphatic carboxylic acids is 1. The quantitative estimate of drug-likeness (QED) is 0.603. The number of carbonyl (C=O) groups is 2. The lowest BCUT2D eigenvalue weighted by Crippen LogP contribution is -2.36. The molecule has 0 aromatic heterocycles. The maximum atomic E-state index is 12.1. The second-order valence-corrected chi connectivity index (χ2v) is 5.91. The van der Waals surface area contributed by atoms with Crippen molar-refractivity contribution in [2.45, 2.75) is 17.9 Å². The van der Waals surface area contributed by atoms with E-state index in [4.69, 9.17) is 10.2 Å². The highest BCUT2D eigenvalue weighted by Crippen LogP contribution is 2.17. The van der Waals surface area contributed by atoms with Crippen LogP contribution in [0.25, 0.3) is 0 Å². The Balaban J connectivity index is 3.07. The molecule has 0 saturated carbocycles. The summed E-state index contributed by atoms with van der Waals surface area (Å²) in [5, 5.41) is 17.6. The van der Waals surface area contributed by atoms with E-state index in [0.29, 0.717) is 5.56 Å². The summed E-state index contributed by atoms with van der Waals surface area (Å²) in [4.78, 5) is 21.7. The number of carboxylic acids is 1. The van der Waals surface area contributed by atoms with E-state index < -0.39 is 34.6 Å². The van der Waals surface area contributed by atoms with Crippen molar-refractivity contribution in [3.8, 4) is 0 Å². The second-order valence-electron chi connectivity index (χ2n) is 4.18. The van der Waals surface area contributed by atoms with Gasteiger partial charge >= 0.3 is 11.9 Å². The third kappa shape index (κ3) is 4.25. The first kappa shape index (κ1) is 17.1. The zero-order chi connectivity index (χ0) is 16.2. The highest BCUT2D eigenvalue weighted by molar-refractivity contribution is 7.89. The number of aryl methyl sites for hydroxylation is 1. The molecule has 0 spiro atoms. The van der Waals surface area contributed by atoms with Gasteiger partial charge in [-0.15, -0.1) is 0 Å². The van der Waals surface area contributed by atoms with Crippen LogP contribution in [0.15, 0.2) is 23.1 Å². The van der Waals surface area contributed by atoms with Gasteiger partial charge in [0.25, 0.3) is 0 Å². The van der Waals surface area contributed by atoms with Gasteiger partial charge in [-0.05, 0) is 24.6 Å². The van der Waals surface area contributed by atoms with E-state index in [-0.39, 0.29) is 10.5 Å². The highest BCUT2D eigenvalue weighted by atomic mass is 32.2. The van der Waals surface area contributed by atoms with Crippen LogP contribution in [0.2, 0.25) is 0 Å². The highest BCUT2D eigenvalue weighted by Gasteiger charge is 2.22. The van der Waals surface area contributed by atoms with Crippen molar-refractivity contribution < 1.29 is 33.0 Å². The van der Waals surface area contributed by atoms with Crippen molar-refractivity contribution >= 4 is 22.0 Å². The lowest BCUT2D eigenvalue weighted by Gasteiger charge is -2.11. The van der Waals surface area contributed by atoms with E-state index in [1.54, 1.807) is 0 Å². The van der Waals surface area contributed by atoms with E-state index in [9.17, 15) is 18.0 Å². The number of carbonyl (C=O) groups excluding carboxylic acids is 1. The monoisotopic (exact) mass is 317 g/mol. The summed E-state index contributed by atoms with van der Waals surface area (Å²) < 4.78 is 30.6. The average Bonchev–Trinajstić information content (AvgIpc) is 2.44. The molecule has 1 rings (SSSR count).